The predicted molar refractivity (Wildman–Crippen MR) is 69.1 cm³/mol. The molecular weight excluding hydrogens is 246 g/mol. The summed E-state index contributed by atoms with van der Waals surface area (Å²) in [4.78, 5) is 11.9. The van der Waals surface area contributed by atoms with Gasteiger partial charge in [0.05, 0.1) is 17.5 Å². The highest BCUT2D eigenvalue weighted by Crippen LogP contribution is 2.23. The van der Waals surface area contributed by atoms with E-state index >= 15 is 0 Å². The molecule has 1 aliphatic heterocycles. The average molecular weight is 267 g/mol. The molecule has 1 fully saturated rings. The Labute approximate surface area is 112 Å². The fourth-order valence-corrected chi connectivity index (χ4v) is 2.28. The standard InChI is InChI=1S/C12H21N5O2/c1-12(2)5-9(3-4-19-12)14-11(18)8-17-7-10(6-13)15-16-17/h7,9H,3-6,8,13H2,1-2H3,(H,14,18). The smallest absolute Gasteiger partial charge is 0.242 e. The topological polar surface area (TPSA) is 95.1 Å². The van der Waals surface area contributed by atoms with Crippen molar-refractivity contribution in [1.82, 2.24) is 20.3 Å². The number of amides is 1. The van der Waals surface area contributed by atoms with Crippen LogP contribution in [0.4, 0.5) is 0 Å². The quantitative estimate of drug-likeness (QED) is 0.788. The molecule has 1 unspecified atom stereocenters. The van der Waals surface area contributed by atoms with E-state index in [0.717, 1.165) is 12.8 Å². The molecule has 7 nitrogen and oxygen atoms in total. The summed E-state index contributed by atoms with van der Waals surface area (Å²) in [5.74, 6) is -0.0591. The molecule has 1 saturated heterocycles. The second-order valence-electron chi connectivity index (χ2n) is 5.48. The minimum Gasteiger partial charge on any atom is -0.375 e. The normalized spacial score (nSPS) is 22.2. The molecule has 19 heavy (non-hydrogen) atoms. The largest absolute Gasteiger partial charge is 0.375 e. The van der Waals surface area contributed by atoms with Crippen LogP contribution in [0.15, 0.2) is 6.20 Å². The Bertz CT molecular complexity index is 443. The van der Waals surface area contributed by atoms with Crippen molar-refractivity contribution in [3.05, 3.63) is 11.9 Å². The Morgan fingerprint density at radius 2 is 2.47 bits per heavy atom. The molecule has 1 atom stereocenters. The number of nitrogens with two attached hydrogens (primary N) is 1. The van der Waals surface area contributed by atoms with Gasteiger partial charge < -0.3 is 15.8 Å². The number of ether oxygens (including phenoxy) is 1. The van der Waals surface area contributed by atoms with Gasteiger partial charge in [-0.3, -0.25) is 4.79 Å². The molecule has 0 spiro atoms. The van der Waals surface area contributed by atoms with Gasteiger partial charge in [-0.25, -0.2) is 4.68 Å². The van der Waals surface area contributed by atoms with Gasteiger partial charge in [0.25, 0.3) is 0 Å². The first-order chi connectivity index (χ1) is 8.98. The van der Waals surface area contributed by atoms with E-state index in [2.05, 4.69) is 15.6 Å². The lowest BCUT2D eigenvalue weighted by Crippen LogP contribution is -2.46. The van der Waals surface area contributed by atoms with E-state index in [0.29, 0.717) is 18.8 Å². The van der Waals surface area contributed by atoms with Crippen molar-refractivity contribution in [2.45, 2.75) is 51.4 Å². The van der Waals surface area contributed by atoms with Crippen LogP contribution in [0.5, 0.6) is 0 Å². The van der Waals surface area contributed by atoms with E-state index < -0.39 is 0 Å². The number of hydrogen-bond donors (Lipinski definition) is 2. The lowest BCUT2D eigenvalue weighted by Gasteiger charge is -2.35. The molecule has 7 heteroatoms. The summed E-state index contributed by atoms with van der Waals surface area (Å²) in [5.41, 5.74) is 5.95. The van der Waals surface area contributed by atoms with Crippen molar-refractivity contribution in [2.24, 2.45) is 5.73 Å². The SMILES string of the molecule is CC1(C)CC(NC(=O)Cn2cc(CN)nn2)CCO1. The van der Waals surface area contributed by atoms with Gasteiger partial charge >= 0.3 is 0 Å². The minimum absolute atomic E-state index is 0.0591. The highest BCUT2D eigenvalue weighted by Gasteiger charge is 2.29. The Morgan fingerprint density at radius 1 is 1.68 bits per heavy atom. The van der Waals surface area contributed by atoms with Gasteiger partial charge in [0.15, 0.2) is 0 Å². The maximum absolute atomic E-state index is 11.9. The Balaban J connectivity index is 1.84. The highest BCUT2D eigenvalue weighted by molar-refractivity contribution is 5.75. The summed E-state index contributed by atoms with van der Waals surface area (Å²) in [5, 5.41) is 10.7. The van der Waals surface area contributed by atoms with Crippen LogP contribution in [-0.4, -0.2) is 39.2 Å². The van der Waals surface area contributed by atoms with E-state index in [4.69, 9.17) is 10.5 Å². The van der Waals surface area contributed by atoms with E-state index in [9.17, 15) is 4.79 Å². The number of aromatic nitrogens is 3. The second kappa shape index (κ2) is 5.66. The molecule has 106 valence electrons. The van der Waals surface area contributed by atoms with Gasteiger partial charge in [-0.15, -0.1) is 5.10 Å². The zero-order chi connectivity index (χ0) is 13.9. The summed E-state index contributed by atoms with van der Waals surface area (Å²) in [6, 6.07) is 0.161. The number of carbonyl (C=O) groups is 1. The first-order valence-corrected chi connectivity index (χ1v) is 6.51. The minimum atomic E-state index is -0.170. The van der Waals surface area contributed by atoms with Gasteiger partial charge in [-0.2, -0.15) is 0 Å². The molecular formula is C12H21N5O2. The van der Waals surface area contributed by atoms with E-state index in [-0.39, 0.29) is 24.1 Å². The van der Waals surface area contributed by atoms with Gasteiger partial charge in [-0.1, -0.05) is 5.21 Å². The number of nitrogens with one attached hydrogen (secondary N) is 1. The Kier molecular flexibility index (Phi) is 4.16. The van der Waals surface area contributed by atoms with Gasteiger partial charge in [0.2, 0.25) is 5.91 Å². The van der Waals surface area contributed by atoms with Crippen LogP contribution in [0.3, 0.4) is 0 Å². The molecule has 2 rings (SSSR count). The average Bonchev–Trinajstić information content (AvgIpc) is 2.75. The van der Waals surface area contributed by atoms with Crippen molar-refractivity contribution in [2.75, 3.05) is 6.61 Å². The Morgan fingerprint density at radius 3 is 3.11 bits per heavy atom. The van der Waals surface area contributed by atoms with Gasteiger partial charge in [0.1, 0.15) is 6.54 Å². The molecule has 0 aliphatic carbocycles. The van der Waals surface area contributed by atoms with Crippen LogP contribution in [0.2, 0.25) is 0 Å². The molecule has 0 aromatic carbocycles. The summed E-state index contributed by atoms with van der Waals surface area (Å²) in [7, 11) is 0. The predicted octanol–water partition coefficient (Wildman–Crippen LogP) is -0.189. The first kappa shape index (κ1) is 14.0. The van der Waals surface area contributed by atoms with Crippen molar-refractivity contribution < 1.29 is 9.53 Å². The van der Waals surface area contributed by atoms with Crippen LogP contribution in [0.1, 0.15) is 32.4 Å². The fraction of sp³-hybridized carbons (Fsp3) is 0.750. The molecule has 0 bridgehead atoms. The first-order valence-electron chi connectivity index (χ1n) is 6.51. The summed E-state index contributed by atoms with van der Waals surface area (Å²) >= 11 is 0. The van der Waals surface area contributed by atoms with Gasteiger partial charge in [-0.05, 0) is 26.7 Å². The highest BCUT2D eigenvalue weighted by atomic mass is 16.5. The molecule has 1 aromatic rings. The van der Waals surface area contributed by atoms with Crippen LogP contribution in [0.25, 0.3) is 0 Å². The fourth-order valence-electron chi connectivity index (χ4n) is 2.28. The molecule has 1 aliphatic rings. The molecule has 0 saturated carbocycles. The number of carbonyl (C=O) groups excluding carboxylic acids is 1. The van der Waals surface area contributed by atoms with E-state index in [1.54, 1.807) is 6.20 Å². The van der Waals surface area contributed by atoms with Crippen molar-refractivity contribution in [1.29, 1.82) is 0 Å². The maximum Gasteiger partial charge on any atom is 0.242 e. The summed E-state index contributed by atoms with van der Waals surface area (Å²) in [6.45, 7) is 5.26. The van der Waals surface area contributed by atoms with Crippen molar-refractivity contribution in [3.63, 3.8) is 0 Å². The number of rotatable bonds is 4. The number of hydrogen-bond acceptors (Lipinski definition) is 5. The van der Waals surface area contributed by atoms with Crippen LogP contribution >= 0.6 is 0 Å². The van der Waals surface area contributed by atoms with E-state index in [1.165, 1.54) is 4.68 Å². The zero-order valence-electron chi connectivity index (χ0n) is 11.4. The molecule has 1 amide bonds. The lowest BCUT2D eigenvalue weighted by molar-refractivity contribution is -0.124. The number of nitrogens with zero attached hydrogens (tertiary/aromatic N) is 3. The van der Waals surface area contributed by atoms with Crippen molar-refractivity contribution >= 4 is 5.91 Å². The molecule has 0 radical (unpaired) electrons. The maximum atomic E-state index is 11.9. The third kappa shape index (κ3) is 4.00. The molecule has 1 aromatic heterocycles. The van der Waals surface area contributed by atoms with Crippen LogP contribution in [0, 0.1) is 0 Å². The van der Waals surface area contributed by atoms with Crippen LogP contribution in [-0.2, 0) is 22.6 Å². The second-order valence-corrected chi connectivity index (χ2v) is 5.48. The summed E-state index contributed by atoms with van der Waals surface area (Å²) < 4.78 is 7.12. The monoisotopic (exact) mass is 267 g/mol. The summed E-state index contributed by atoms with van der Waals surface area (Å²) in [6.07, 6.45) is 3.36. The van der Waals surface area contributed by atoms with E-state index in [1.807, 2.05) is 13.8 Å². The Hall–Kier alpha value is -1.47. The van der Waals surface area contributed by atoms with Crippen LogP contribution < -0.4 is 11.1 Å². The zero-order valence-corrected chi connectivity index (χ0v) is 11.4. The van der Waals surface area contributed by atoms with Crippen molar-refractivity contribution in [3.8, 4) is 0 Å². The van der Waals surface area contributed by atoms with Gasteiger partial charge in [0, 0.05) is 19.2 Å². The molecule has 2 heterocycles. The third-order valence-corrected chi connectivity index (χ3v) is 3.16. The lowest BCUT2D eigenvalue weighted by atomic mass is 9.94. The molecule has 3 N–H and O–H groups in total. The third-order valence-electron chi connectivity index (χ3n) is 3.16.